The number of hydrogen-bond acceptors (Lipinski definition) is 4. The van der Waals surface area contributed by atoms with Crippen LogP contribution in [0.15, 0.2) is 30.5 Å². The first-order valence-electron chi connectivity index (χ1n) is 6.36. The summed E-state index contributed by atoms with van der Waals surface area (Å²) in [6.07, 6.45) is 1.64. The largest absolute Gasteiger partial charge is 0.456 e. The number of aromatic nitrogens is 1. The average Bonchev–Trinajstić information content (AvgIpc) is 2.86. The van der Waals surface area contributed by atoms with Crippen molar-refractivity contribution in [2.45, 2.75) is 20.1 Å². The van der Waals surface area contributed by atoms with E-state index in [4.69, 9.17) is 15.7 Å². The molecular formula is C15H14FN3O2. The fraction of sp³-hybridized carbons (Fsp3) is 0.200. The van der Waals surface area contributed by atoms with Crippen molar-refractivity contribution < 1.29 is 13.9 Å². The molecule has 0 unspecified atom stereocenters. The van der Waals surface area contributed by atoms with Gasteiger partial charge in [-0.25, -0.2) is 9.18 Å². The Morgan fingerprint density at radius 3 is 2.90 bits per heavy atom. The molecule has 0 saturated carbocycles. The van der Waals surface area contributed by atoms with E-state index in [0.717, 1.165) is 0 Å². The first-order chi connectivity index (χ1) is 10.0. The average molecular weight is 287 g/mol. The first-order valence-corrected chi connectivity index (χ1v) is 6.36. The Morgan fingerprint density at radius 1 is 1.48 bits per heavy atom. The zero-order valence-electron chi connectivity index (χ0n) is 11.5. The molecule has 1 aromatic heterocycles. The number of hydrogen-bond donors (Lipinski definition) is 1. The van der Waals surface area contributed by atoms with E-state index in [1.165, 1.54) is 24.3 Å². The smallest absolute Gasteiger partial charge is 0.355 e. The van der Waals surface area contributed by atoms with E-state index >= 15 is 0 Å². The molecule has 0 radical (unpaired) electrons. The third-order valence-corrected chi connectivity index (χ3v) is 3.01. The van der Waals surface area contributed by atoms with E-state index in [2.05, 4.69) is 0 Å². The van der Waals surface area contributed by atoms with Crippen molar-refractivity contribution in [3.05, 3.63) is 53.1 Å². The van der Waals surface area contributed by atoms with Crippen LogP contribution in [0.3, 0.4) is 0 Å². The number of nitrogens with two attached hydrogens (primary N) is 1. The van der Waals surface area contributed by atoms with E-state index in [-0.39, 0.29) is 12.2 Å². The van der Waals surface area contributed by atoms with E-state index in [1.54, 1.807) is 10.8 Å². The molecule has 0 aliphatic heterocycles. The Labute approximate surface area is 121 Å². The summed E-state index contributed by atoms with van der Waals surface area (Å²) in [6.45, 7) is 2.27. The van der Waals surface area contributed by atoms with Crippen LogP contribution in [0.1, 0.15) is 28.5 Å². The molecule has 2 N–H and O–H groups in total. The van der Waals surface area contributed by atoms with Gasteiger partial charge in [-0.1, -0.05) is 0 Å². The second-order valence-corrected chi connectivity index (χ2v) is 4.43. The van der Waals surface area contributed by atoms with Gasteiger partial charge in [0.25, 0.3) is 0 Å². The third kappa shape index (κ3) is 3.20. The third-order valence-electron chi connectivity index (χ3n) is 3.01. The Hall–Kier alpha value is -2.81. The van der Waals surface area contributed by atoms with Gasteiger partial charge in [0.15, 0.2) is 0 Å². The topological polar surface area (TPSA) is 81.0 Å². The van der Waals surface area contributed by atoms with Crippen LogP contribution in [0.5, 0.6) is 0 Å². The van der Waals surface area contributed by atoms with Crippen molar-refractivity contribution in [1.29, 1.82) is 5.26 Å². The summed E-state index contributed by atoms with van der Waals surface area (Å²) >= 11 is 0. The molecule has 0 atom stereocenters. The lowest BCUT2D eigenvalue weighted by Gasteiger charge is -2.08. The zero-order chi connectivity index (χ0) is 15.4. The quantitative estimate of drug-likeness (QED) is 0.876. The van der Waals surface area contributed by atoms with Crippen molar-refractivity contribution in [3.8, 4) is 6.07 Å². The van der Waals surface area contributed by atoms with Crippen LogP contribution in [0.25, 0.3) is 0 Å². The molecule has 0 spiro atoms. The van der Waals surface area contributed by atoms with E-state index in [9.17, 15) is 9.18 Å². The van der Waals surface area contributed by atoms with Crippen LogP contribution in [0.2, 0.25) is 0 Å². The molecular weight excluding hydrogens is 273 g/mol. The maximum absolute atomic E-state index is 13.2. The standard InChI is InChI=1S/C15H14FN3O2/c1-2-19-8-13(18)6-14(19)15(20)21-9-11-5-12(16)4-3-10(11)7-17/h3-6,8H,2,9,18H2,1H3. The molecule has 6 heteroatoms. The normalized spacial score (nSPS) is 10.1. The highest BCUT2D eigenvalue weighted by atomic mass is 19.1. The van der Waals surface area contributed by atoms with Crippen molar-refractivity contribution >= 4 is 11.7 Å². The number of halogens is 1. The molecule has 1 aromatic carbocycles. The fourth-order valence-corrected chi connectivity index (χ4v) is 1.97. The molecule has 2 aromatic rings. The minimum absolute atomic E-state index is 0.172. The minimum atomic E-state index is -0.568. The van der Waals surface area contributed by atoms with E-state index in [1.807, 2.05) is 13.0 Å². The minimum Gasteiger partial charge on any atom is -0.456 e. The van der Waals surface area contributed by atoms with Gasteiger partial charge in [-0.2, -0.15) is 5.26 Å². The summed E-state index contributed by atoms with van der Waals surface area (Å²) in [7, 11) is 0. The SMILES string of the molecule is CCn1cc(N)cc1C(=O)OCc1cc(F)ccc1C#N. The molecule has 0 amide bonds. The molecule has 108 valence electrons. The predicted octanol–water partition coefficient (Wildman–Crippen LogP) is 2.46. The van der Waals surface area contributed by atoms with Crippen molar-refractivity contribution in [1.82, 2.24) is 4.57 Å². The number of carbonyl (C=O) groups is 1. The molecule has 5 nitrogen and oxygen atoms in total. The number of ether oxygens (including phenoxy) is 1. The second kappa shape index (κ2) is 6.09. The second-order valence-electron chi connectivity index (χ2n) is 4.43. The maximum Gasteiger partial charge on any atom is 0.355 e. The van der Waals surface area contributed by atoms with Crippen LogP contribution in [0, 0.1) is 17.1 Å². The highest BCUT2D eigenvalue weighted by Crippen LogP contribution is 2.15. The Balaban J connectivity index is 2.15. The van der Waals surface area contributed by atoms with Crippen LogP contribution >= 0.6 is 0 Å². The number of aryl methyl sites for hydroxylation is 1. The van der Waals surface area contributed by atoms with Crippen LogP contribution in [-0.2, 0) is 17.9 Å². The van der Waals surface area contributed by atoms with Gasteiger partial charge in [0.1, 0.15) is 18.1 Å². The summed E-state index contributed by atoms with van der Waals surface area (Å²) in [5.41, 5.74) is 7.03. The van der Waals surface area contributed by atoms with E-state index < -0.39 is 11.8 Å². The number of rotatable bonds is 4. The van der Waals surface area contributed by atoms with Crippen molar-refractivity contribution in [3.63, 3.8) is 0 Å². The molecule has 0 saturated heterocycles. The predicted molar refractivity (Wildman–Crippen MR) is 74.8 cm³/mol. The number of nitrogens with zero attached hydrogens (tertiary/aromatic N) is 2. The molecule has 0 aliphatic carbocycles. The van der Waals surface area contributed by atoms with Gasteiger partial charge in [-0.05, 0) is 31.2 Å². The lowest BCUT2D eigenvalue weighted by Crippen LogP contribution is -2.11. The molecule has 0 bridgehead atoms. The number of nitriles is 1. The van der Waals surface area contributed by atoms with E-state index in [0.29, 0.717) is 23.5 Å². The summed E-state index contributed by atoms with van der Waals surface area (Å²) in [4.78, 5) is 12.0. The number of carbonyl (C=O) groups excluding carboxylic acids is 1. The fourth-order valence-electron chi connectivity index (χ4n) is 1.97. The molecule has 21 heavy (non-hydrogen) atoms. The number of benzene rings is 1. The lowest BCUT2D eigenvalue weighted by atomic mass is 10.1. The lowest BCUT2D eigenvalue weighted by molar-refractivity contribution is 0.0459. The van der Waals surface area contributed by atoms with Gasteiger partial charge in [0.2, 0.25) is 0 Å². The highest BCUT2D eigenvalue weighted by Gasteiger charge is 2.15. The van der Waals surface area contributed by atoms with Gasteiger partial charge < -0.3 is 15.0 Å². The van der Waals surface area contributed by atoms with Gasteiger partial charge in [-0.3, -0.25) is 0 Å². The summed E-state index contributed by atoms with van der Waals surface area (Å²) < 4.78 is 20.0. The van der Waals surface area contributed by atoms with Crippen molar-refractivity contribution in [2.24, 2.45) is 0 Å². The van der Waals surface area contributed by atoms with Gasteiger partial charge in [0, 0.05) is 18.3 Å². The Kier molecular flexibility index (Phi) is 4.24. The van der Waals surface area contributed by atoms with Crippen LogP contribution in [-0.4, -0.2) is 10.5 Å². The number of nitrogen functional groups attached to an aromatic ring is 1. The number of esters is 1. The summed E-state index contributed by atoms with van der Waals surface area (Å²) in [5.74, 6) is -1.05. The molecule has 2 rings (SSSR count). The van der Waals surface area contributed by atoms with Crippen molar-refractivity contribution in [2.75, 3.05) is 5.73 Å². The Bertz CT molecular complexity index is 716. The Morgan fingerprint density at radius 2 is 2.24 bits per heavy atom. The molecule has 1 heterocycles. The maximum atomic E-state index is 13.2. The molecule has 0 fully saturated rings. The first kappa shape index (κ1) is 14.6. The van der Waals surface area contributed by atoms with Gasteiger partial charge in [-0.15, -0.1) is 0 Å². The highest BCUT2D eigenvalue weighted by molar-refractivity contribution is 5.89. The summed E-state index contributed by atoms with van der Waals surface area (Å²) in [5, 5.41) is 8.94. The number of anilines is 1. The van der Waals surface area contributed by atoms with Gasteiger partial charge in [0.05, 0.1) is 17.3 Å². The van der Waals surface area contributed by atoms with Gasteiger partial charge >= 0.3 is 5.97 Å². The monoisotopic (exact) mass is 287 g/mol. The molecule has 0 aliphatic rings. The van der Waals surface area contributed by atoms with Crippen LogP contribution in [0.4, 0.5) is 10.1 Å². The summed E-state index contributed by atoms with van der Waals surface area (Å²) in [6, 6.07) is 7.17. The zero-order valence-corrected chi connectivity index (χ0v) is 11.5. The van der Waals surface area contributed by atoms with Crippen LogP contribution < -0.4 is 5.73 Å².